The zero-order valence-electron chi connectivity index (χ0n) is 12.8. The van der Waals surface area contributed by atoms with E-state index in [1.54, 1.807) is 0 Å². The molecule has 3 heteroatoms. The maximum atomic E-state index is 12.4. The molecule has 0 bridgehead atoms. The zero-order chi connectivity index (χ0) is 14.4. The minimum atomic E-state index is -0.223. The summed E-state index contributed by atoms with van der Waals surface area (Å²) in [6.07, 6.45) is 5.96. The first-order chi connectivity index (χ1) is 8.91. The second-order valence-electron chi connectivity index (χ2n) is 6.30. The van der Waals surface area contributed by atoms with E-state index in [9.17, 15) is 9.59 Å². The van der Waals surface area contributed by atoms with E-state index >= 15 is 0 Å². The molecule has 0 heterocycles. The third-order valence-corrected chi connectivity index (χ3v) is 3.91. The highest BCUT2D eigenvalue weighted by molar-refractivity contribution is 5.87. The van der Waals surface area contributed by atoms with Crippen LogP contribution in [0.5, 0.6) is 0 Å². The molecule has 19 heavy (non-hydrogen) atoms. The van der Waals surface area contributed by atoms with Crippen molar-refractivity contribution in [3.8, 4) is 0 Å². The molecule has 0 saturated heterocycles. The minimum Gasteiger partial charge on any atom is -0.463 e. The molecule has 0 aliphatic heterocycles. The first-order valence-corrected chi connectivity index (χ1v) is 7.65. The first kappa shape index (κ1) is 16.2. The zero-order valence-corrected chi connectivity index (χ0v) is 12.8. The van der Waals surface area contributed by atoms with Crippen LogP contribution in [0.3, 0.4) is 0 Å². The molecule has 3 nitrogen and oxygen atoms in total. The summed E-state index contributed by atoms with van der Waals surface area (Å²) < 4.78 is 5.21. The quantitative estimate of drug-likeness (QED) is 0.689. The topological polar surface area (TPSA) is 43.4 Å². The van der Waals surface area contributed by atoms with Crippen LogP contribution < -0.4 is 0 Å². The molecule has 1 aliphatic carbocycles. The Balaban J connectivity index is 2.68. The van der Waals surface area contributed by atoms with Gasteiger partial charge < -0.3 is 4.74 Å². The molecule has 110 valence electrons. The molecule has 1 saturated carbocycles. The van der Waals surface area contributed by atoms with Gasteiger partial charge in [0.1, 0.15) is 5.78 Å². The summed E-state index contributed by atoms with van der Waals surface area (Å²) >= 11 is 0. The van der Waals surface area contributed by atoms with Crippen LogP contribution in [0.2, 0.25) is 0 Å². The van der Waals surface area contributed by atoms with Crippen LogP contribution in [0.1, 0.15) is 66.2 Å². The van der Waals surface area contributed by atoms with E-state index in [4.69, 9.17) is 4.74 Å². The Morgan fingerprint density at radius 1 is 1.05 bits per heavy atom. The Hall–Kier alpha value is -0.860. The standard InChI is InChI=1S/C16H28O3/c1-11(2)16(18)14(10-15(17)19-12(3)4)13-8-6-5-7-9-13/h11-14H,5-10H2,1-4H3/t14-/m0/s1. The molecule has 1 atom stereocenters. The highest BCUT2D eigenvalue weighted by atomic mass is 16.5. The average molecular weight is 268 g/mol. The SMILES string of the molecule is CC(C)OC(=O)C[C@H](C(=O)C(C)C)C1CCCCC1. The summed E-state index contributed by atoms with van der Waals surface area (Å²) in [6, 6.07) is 0. The molecule has 0 aromatic carbocycles. The summed E-state index contributed by atoms with van der Waals surface area (Å²) in [6.45, 7) is 7.54. The minimum absolute atomic E-state index is 0.00113. The summed E-state index contributed by atoms with van der Waals surface area (Å²) in [4.78, 5) is 24.2. The number of esters is 1. The molecule has 1 rings (SSSR count). The van der Waals surface area contributed by atoms with E-state index < -0.39 is 0 Å². The van der Waals surface area contributed by atoms with Crippen molar-refractivity contribution in [2.45, 2.75) is 72.3 Å². The summed E-state index contributed by atoms with van der Waals surface area (Å²) in [5.41, 5.74) is 0. The van der Waals surface area contributed by atoms with Crippen molar-refractivity contribution in [3.63, 3.8) is 0 Å². The summed E-state index contributed by atoms with van der Waals surface area (Å²) in [5, 5.41) is 0. The normalized spacial score (nSPS) is 18.6. The van der Waals surface area contributed by atoms with Crippen molar-refractivity contribution in [3.05, 3.63) is 0 Å². The predicted molar refractivity (Wildman–Crippen MR) is 75.8 cm³/mol. The molecule has 0 amide bonds. The van der Waals surface area contributed by atoms with E-state index in [1.807, 2.05) is 27.7 Å². The van der Waals surface area contributed by atoms with Crippen LogP contribution in [0, 0.1) is 17.8 Å². The highest BCUT2D eigenvalue weighted by Gasteiger charge is 2.33. The fraction of sp³-hybridized carbons (Fsp3) is 0.875. The lowest BCUT2D eigenvalue weighted by molar-refractivity contribution is -0.151. The number of carbonyl (C=O) groups excluding carboxylic acids is 2. The van der Waals surface area contributed by atoms with Gasteiger partial charge in [-0.2, -0.15) is 0 Å². The number of hydrogen-bond donors (Lipinski definition) is 0. The van der Waals surface area contributed by atoms with Gasteiger partial charge in [-0.05, 0) is 32.6 Å². The van der Waals surface area contributed by atoms with Crippen LogP contribution in [0.4, 0.5) is 0 Å². The number of carbonyl (C=O) groups is 2. The number of ether oxygens (including phenoxy) is 1. The monoisotopic (exact) mass is 268 g/mol. The Bertz CT molecular complexity index is 301. The van der Waals surface area contributed by atoms with Crippen LogP contribution in [-0.2, 0) is 14.3 Å². The second kappa shape index (κ2) is 7.66. The predicted octanol–water partition coefficient (Wildman–Crippen LogP) is 3.75. The Morgan fingerprint density at radius 2 is 1.63 bits per heavy atom. The van der Waals surface area contributed by atoms with Crippen molar-refractivity contribution in [1.29, 1.82) is 0 Å². The average Bonchev–Trinajstić information content (AvgIpc) is 2.35. The van der Waals surface area contributed by atoms with E-state index in [-0.39, 0.29) is 36.1 Å². The van der Waals surface area contributed by atoms with Gasteiger partial charge in [0.15, 0.2) is 0 Å². The van der Waals surface area contributed by atoms with Gasteiger partial charge in [-0.3, -0.25) is 9.59 Å². The van der Waals surface area contributed by atoms with Gasteiger partial charge in [0.25, 0.3) is 0 Å². The maximum absolute atomic E-state index is 12.4. The molecular weight excluding hydrogens is 240 g/mol. The van der Waals surface area contributed by atoms with Crippen molar-refractivity contribution < 1.29 is 14.3 Å². The lowest BCUT2D eigenvalue weighted by atomic mass is 9.74. The molecule has 0 radical (unpaired) electrons. The Morgan fingerprint density at radius 3 is 2.11 bits per heavy atom. The fourth-order valence-corrected chi connectivity index (χ4v) is 2.95. The van der Waals surface area contributed by atoms with E-state index in [0.29, 0.717) is 5.92 Å². The van der Waals surface area contributed by atoms with E-state index in [2.05, 4.69) is 0 Å². The van der Waals surface area contributed by atoms with Crippen LogP contribution in [0.15, 0.2) is 0 Å². The molecule has 0 aromatic rings. The van der Waals surface area contributed by atoms with Crippen LogP contribution >= 0.6 is 0 Å². The number of ketones is 1. The molecule has 1 fully saturated rings. The fourth-order valence-electron chi connectivity index (χ4n) is 2.95. The lowest BCUT2D eigenvalue weighted by Gasteiger charge is -2.30. The summed E-state index contributed by atoms with van der Waals surface area (Å²) in [5.74, 6) is 0.251. The lowest BCUT2D eigenvalue weighted by Crippen LogP contribution is -2.32. The van der Waals surface area contributed by atoms with E-state index in [1.165, 1.54) is 19.3 Å². The molecule has 0 unspecified atom stereocenters. The molecule has 0 aromatic heterocycles. The van der Waals surface area contributed by atoms with Gasteiger partial charge >= 0.3 is 5.97 Å². The first-order valence-electron chi connectivity index (χ1n) is 7.65. The van der Waals surface area contributed by atoms with Crippen molar-refractivity contribution >= 4 is 11.8 Å². The summed E-state index contributed by atoms with van der Waals surface area (Å²) in [7, 11) is 0. The Kier molecular flexibility index (Phi) is 6.53. The van der Waals surface area contributed by atoms with Gasteiger partial charge in [-0.1, -0.05) is 33.1 Å². The highest BCUT2D eigenvalue weighted by Crippen LogP contribution is 2.34. The smallest absolute Gasteiger partial charge is 0.306 e. The Labute approximate surface area is 117 Å². The third-order valence-electron chi connectivity index (χ3n) is 3.91. The van der Waals surface area contributed by atoms with Gasteiger partial charge in [-0.25, -0.2) is 0 Å². The van der Waals surface area contributed by atoms with Crippen LogP contribution in [-0.4, -0.2) is 17.9 Å². The van der Waals surface area contributed by atoms with Crippen LogP contribution in [0.25, 0.3) is 0 Å². The van der Waals surface area contributed by atoms with E-state index in [0.717, 1.165) is 12.8 Å². The number of Topliss-reactive ketones (excluding diaryl/α,β-unsaturated/α-hetero) is 1. The third kappa shape index (κ3) is 5.33. The van der Waals surface area contributed by atoms with Crippen molar-refractivity contribution in [2.24, 2.45) is 17.8 Å². The second-order valence-corrected chi connectivity index (χ2v) is 6.30. The molecule has 0 spiro atoms. The van der Waals surface area contributed by atoms with Crippen molar-refractivity contribution in [2.75, 3.05) is 0 Å². The van der Waals surface area contributed by atoms with Gasteiger partial charge in [0.05, 0.1) is 12.5 Å². The largest absolute Gasteiger partial charge is 0.463 e. The van der Waals surface area contributed by atoms with Crippen molar-refractivity contribution in [1.82, 2.24) is 0 Å². The number of rotatable bonds is 6. The molecular formula is C16H28O3. The molecule has 1 aliphatic rings. The number of hydrogen-bond acceptors (Lipinski definition) is 3. The van der Waals surface area contributed by atoms with Gasteiger partial charge in [-0.15, -0.1) is 0 Å². The molecule has 0 N–H and O–H groups in total. The maximum Gasteiger partial charge on any atom is 0.306 e. The van der Waals surface area contributed by atoms with Gasteiger partial charge in [0, 0.05) is 11.8 Å². The van der Waals surface area contributed by atoms with Gasteiger partial charge in [0.2, 0.25) is 0 Å².